The molecular formula is C13H12N4S. The van der Waals surface area contributed by atoms with Gasteiger partial charge in [-0.3, -0.25) is 5.10 Å². The van der Waals surface area contributed by atoms with Gasteiger partial charge in [0.05, 0.1) is 4.88 Å². The van der Waals surface area contributed by atoms with Crippen molar-refractivity contribution in [2.45, 2.75) is 6.92 Å². The molecule has 0 amide bonds. The van der Waals surface area contributed by atoms with Crippen LogP contribution in [0.1, 0.15) is 5.56 Å². The Morgan fingerprint density at radius 3 is 2.89 bits per heavy atom. The number of aromatic amines is 1. The molecule has 0 saturated carbocycles. The number of nitrogens with one attached hydrogen (secondary N) is 1. The van der Waals surface area contributed by atoms with Crippen LogP contribution in [-0.4, -0.2) is 15.2 Å². The van der Waals surface area contributed by atoms with Crippen molar-refractivity contribution in [2.75, 3.05) is 5.73 Å². The summed E-state index contributed by atoms with van der Waals surface area (Å²) in [6.45, 7) is 2.01. The van der Waals surface area contributed by atoms with Gasteiger partial charge in [-0.25, -0.2) is 4.98 Å². The first kappa shape index (κ1) is 11.0. The Labute approximate surface area is 109 Å². The van der Waals surface area contributed by atoms with Crippen molar-refractivity contribution in [1.82, 2.24) is 15.2 Å². The van der Waals surface area contributed by atoms with Crippen molar-refractivity contribution in [2.24, 2.45) is 0 Å². The minimum Gasteiger partial charge on any atom is -0.399 e. The fourth-order valence-electron chi connectivity index (χ4n) is 1.84. The molecule has 2 heterocycles. The smallest absolute Gasteiger partial charge is 0.181 e. The van der Waals surface area contributed by atoms with E-state index in [1.165, 1.54) is 0 Å². The minimum atomic E-state index is 0.705. The fraction of sp³-hybridized carbons (Fsp3) is 0.0769. The lowest BCUT2D eigenvalue weighted by Gasteiger charge is -2.01. The second-order valence-corrected chi connectivity index (χ2v) is 5.01. The first-order chi connectivity index (χ1) is 8.74. The zero-order chi connectivity index (χ0) is 12.5. The molecule has 3 rings (SSSR count). The second kappa shape index (κ2) is 4.27. The zero-order valence-electron chi connectivity index (χ0n) is 9.84. The highest BCUT2D eigenvalue weighted by molar-refractivity contribution is 7.13. The second-order valence-electron chi connectivity index (χ2n) is 4.06. The van der Waals surface area contributed by atoms with Crippen LogP contribution in [-0.2, 0) is 0 Å². The summed E-state index contributed by atoms with van der Waals surface area (Å²) in [5, 5.41) is 9.25. The highest BCUT2D eigenvalue weighted by Crippen LogP contribution is 2.26. The van der Waals surface area contributed by atoms with Crippen LogP contribution in [0.25, 0.3) is 22.1 Å². The van der Waals surface area contributed by atoms with Gasteiger partial charge < -0.3 is 5.73 Å². The van der Waals surface area contributed by atoms with Gasteiger partial charge in [0.25, 0.3) is 0 Å². The molecular weight excluding hydrogens is 244 g/mol. The molecule has 0 fully saturated rings. The number of H-pyrrole nitrogens is 1. The SMILES string of the molecule is Cc1cc(N)ccc1-c1n[nH]c(-c2cccs2)n1. The molecule has 3 aromatic rings. The normalized spacial score (nSPS) is 10.7. The van der Waals surface area contributed by atoms with Crippen LogP contribution < -0.4 is 5.73 Å². The van der Waals surface area contributed by atoms with Crippen molar-refractivity contribution < 1.29 is 0 Å². The quantitative estimate of drug-likeness (QED) is 0.692. The van der Waals surface area contributed by atoms with Gasteiger partial charge >= 0.3 is 0 Å². The summed E-state index contributed by atoms with van der Waals surface area (Å²) >= 11 is 1.64. The molecule has 90 valence electrons. The van der Waals surface area contributed by atoms with Crippen molar-refractivity contribution in [3.63, 3.8) is 0 Å². The van der Waals surface area contributed by atoms with Gasteiger partial charge in [0, 0.05) is 11.3 Å². The molecule has 3 N–H and O–H groups in total. The van der Waals surface area contributed by atoms with Gasteiger partial charge in [-0.1, -0.05) is 6.07 Å². The minimum absolute atomic E-state index is 0.705. The van der Waals surface area contributed by atoms with E-state index in [1.54, 1.807) is 11.3 Å². The monoisotopic (exact) mass is 256 g/mol. The first-order valence-corrected chi connectivity index (χ1v) is 6.45. The van der Waals surface area contributed by atoms with Crippen LogP contribution in [0.2, 0.25) is 0 Å². The maximum absolute atomic E-state index is 5.74. The predicted octanol–water partition coefficient (Wildman–Crippen LogP) is 3.09. The number of hydrogen-bond acceptors (Lipinski definition) is 4. The summed E-state index contributed by atoms with van der Waals surface area (Å²) in [5.74, 6) is 1.51. The molecule has 0 aliphatic rings. The average molecular weight is 256 g/mol. The third-order valence-electron chi connectivity index (χ3n) is 2.73. The molecule has 0 aliphatic carbocycles. The molecule has 18 heavy (non-hydrogen) atoms. The number of nitrogens with two attached hydrogens (primary N) is 1. The Bertz CT molecular complexity index is 670. The number of nitrogens with zero attached hydrogens (tertiary/aromatic N) is 2. The number of nitrogen functional groups attached to an aromatic ring is 1. The largest absolute Gasteiger partial charge is 0.399 e. The lowest BCUT2D eigenvalue weighted by molar-refractivity contribution is 1.10. The van der Waals surface area contributed by atoms with E-state index in [0.717, 1.165) is 27.5 Å². The van der Waals surface area contributed by atoms with Gasteiger partial charge in [-0.2, -0.15) is 5.10 Å². The summed E-state index contributed by atoms with van der Waals surface area (Å²) < 4.78 is 0. The van der Waals surface area contributed by atoms with Gasteiger partial charge in [-0.15, -0.1) is 11.3 Å². The molecule has 0 atom stereocenters. The van der Waals surface area contributed by atoms with Crippen LogP contribution >= 0.6 is 11.3 Å². The van der Waals surface area contributed by atoms with E-state index < -0.39 is 0 Å². The Morgan fingerprint density at radius 1 is 1.28 bits per heavy atom. The third-order valence-corrected chi connectivity index (χ3v) is 3.61. The maximum Gasteiger partial charge on any atom is 0.181 e. The van der Waals surface area contributed by atoms with Gasteiger partial charge in [0.1, 0.15) is 0 Å². The number of aryl methyl sites for hydroxylation is 1. The Morgan fingerprint density at radius 2 is 2.17 bits per heavy atom. The Kier molecular flexibility index (Phi) is 2.60. The van der Waals surface area contributed by atoms with Crippen molar-refractivity contribution in [1.29, 1.82) is 0 Å². The first-order valence-electron chi connectivity index (χ1n) is 5.57. The number of anilines is 1. The van der Waals surface area contributed by atoms with E-state index in [9.17, 15) is 0 Å². The van der Waals surface area contributed by atoms with E-state index >= 15 is 0 Å². The lowest BCUT2D eigenvalue weighted by Crippen LogP contribution is -1.89. The van der Waals surface area contributed by atoms with Crippen molar-refractivity contribution in [3.05, 3.63) is 41.3 Å². The maximum atomic E-state index is 5.74. The van der Waals surface area contributed by atoms with Crippen molar-refractivity contribution >= 4 is 17.0 Å². The summed E-state index contributed by atoms with van der Waals surface area (Å²) in [4.78, 5) is 5.60. The van der Waals surface area contributed by atoms with Crippen LogP contribution in [0, 0.1) is 6.92 Å². The third kappa shape index (κ3) is 1.89. The number of thiophene rings is 1. The molecule has 2 aromatic heterocycles. The number of hydrogen-bond donors (Lipinski definition) is 2. The topological polar surface area (TPSA) is 67.6 Å². The molecule has 0 unspecified atom stereocenters. The van der Waals surface area contributed by atoms with Gasteiger partial charge in [-0.05, 0) is 42.1 Å². The van der Waals surface area contributed by atoms with Crippen LogP contribution in [0.15, 0.2) is 35.7 Å². The molecule has 0 radical (unpaired) electrons. The number of benzene rings is 1. The summed E-state index contributed by atoms with van der Waals surface area (Å²) in [6.07, 6.45) is 0. The number of aromatic nitrogens is 3. The zero-order valence-corrected chi connectivity index (χ0v) is 10.7. The molecule has 5 heteroatoms. The molecule has 0 saturated heterocycles. The van der Waals surface area contributed by atoms with Crippen LogP contribution in [0.3, 0.4) is 0 Å². The summed E-state index contributed by atoms with van der Waals surface area (Å²) in [7, 11) is 0. The standard InChI is InChI=1S/C13H12N4S/c1-8-7-9(14)4-5-10(8)12-15-13(17-16-12)11-3-2-6-18-11/h2-7H,14H2,1H3,(H,15,16,17). The van der Waals surface area contributed by atoms with Gasteiger partial charge in [0.2, 0.25) is 0 Å². The van der Waals surface area contributed by atoms with E-state index in [1.807, 2.05) is 42.6 Å². The highest BCUT2D eigenvalue weighted by atomic mass is 32.1. The molecule has 0 bridgehead atoms. The fourth-order valence-corrected chi connectivity index (χ4v) is 2.51. The molecule has 1 aromatic carbocycles. The average Bonchev–Trinajstić information content (AvgIpc) is 2.99. The predicted molar refractivity (Wildman–Crippen MR) is 74.3 cm³/mol. The Hall–Kier alpha value is -2.14. The Balaban J connectivity index is 2.03. The van der Waals surface area contributed by atoms with E-state index in [-0.39, 0.29) is 0 Å². The van der Waals surface area contributed by atoms with Gasteiger partial charge in [0.15, 0.2) is 11.6 Å². The van der Waals surface area contributed by atoms with Crippen LogP contribution in [0.4, 0.5) is 5.69 Å². The van der Waals surface area contributed by atoms with E-state index in [2.05, 4.69) is 15.2 Å². The van der Waals surface area contributed by atoms with Crippen molar-refractivity contribution in [3.8, 4) is 22.1 Å². The summed E-state index contributed by atoms with van der Waals surface area (Å²) in [5.41, 5.74) is 8.57. The van der Waals surface area contributed by atoms with E-state index in [0.29, 0.717) is 5.82 Å². The summed E-state index contributed by atoms with van der Waals surface area (Å²) in [6, 6.07) is 9.76. The molecule has 4 nitrogen and oxygen atoms in total. The molecule has 0 spiro atoms. The van der Waals surface area contributed by atoms with E-state index in [4.69, 9.17) is 5.73 Å². The number of rotatable bonds is 2. The molecule has 0 aliphatic heterocycles. The van der Waals surface area contributed by atoms with Crippen LogP contribution in [0.5, 0.6) is 0 Å². The lowest BCUT2D eigenvalue weighted by atomic mass is 10.1. The highest BCUT2D eigenvalue weighted by Gasteiger charge is 2.10.